The minimum Gasteiger partial charge on any atom is -0.450 e. The first-order valence-corrected chi connectivity index (χ1v) is 10.4. The number of rotatable bonds is 9. The van der Waals surface area contributed by atoms with Gasteiger partial charge in [-0.25, -0.2) is 0 Å². The van der Waals surface area contributed by atoms with Gasteiger partial charge in [-0.1, -0.05) is 67.1 Å². The highest BCUT2D eigenvalue weighted by Crippen LogP contribution is 2.09. The van der Waals surface area contributed by atoms with Gasteiger partial charge in [-0.2, -0.15) is 0 Å². The molecular formula is C25H31N2O2+. The Hall–Kier alpha value is -2.85. The second kappa shape index (κ2) is 10.1. The molecule has 0 spiro atoms. The Morgan fingerprint density at radius 3 is 2.24 bits per heavy atom. The zero-order valence-corrected chi connectivity index (χ0v) is 17.6. The largest absolute Gasteiger partial charge is 0.450 e. The van der Waals surface area contributed by atoms with Crippen LogP contribution in [0.1, 0.15) is 53.3 Å². The summed E-state index contributed by atoms with van der Waals surface area (Å²) in [5.74, 6) is 1.07. The minimum absolute atomic E-state index is 0.137. The van der Waals surface area contributed by atoms with Gasteiger partial charge in [-0.3, -0.25) is 4.79 Å². The molecule has 1 amide bonds. The van der Waals surface area contributed by atoms with Gasteiger partial charge >= 0.3 is 0 Å². The molecule has 2 N–H and O–H groups in total. The van der Waals surface area contributed by atoms with Gasteiger partial charge in [-0.15, -0.1) is 0 Å². The van der Waals surface area contributed by atoms with Gasteiger partial charge in [-0.05, 0) is 32.4 Å². The van der Waals surface area contributed by atoms with Gasteiger partial charge in [0.2, 0.25) is 0 Å². The third-order valence-corrected chi connectivity index (χ3v) is 5.17. The van der Waals surface area contributed by atoms with Gasteiger partial charge in [0.05, 0.1) is 0 Å². The van der Waals surface area contributed by atoms with E-state index in [0.717, 1.165) is 31.8 Å². The van der Waals surface area contributed by atoms with Crippen molar-refractivity contribution in [2.24, 2.45) is 0 Å². The van der Waals surface area contributed by atoms with Gasteiger partial charge in [0.15, 0.2) is 11.5 Å². The lowest BCUT2D eigenvalue weighted by atomic mass is 10.1. The van der Waals surface area contributed by atoms with Crippen LogP contribution in [0.4, 0.5) is 0 Å². The van der Waals surface area contributed by atoms with E-state index in [1.54, 1.807) is 6.07 Å². The zero-order chi connectivity index (χ0) is 20.6. The Morgan fingerprint density at radius 1 is 0.931 bits per heavy atom. The van der Waals surface area contributed by atoms with Crippen LogP contribution in [0.25, 0.3) is 0 Å². The van der Waals surface area contributed by atoms with Crippen molar-refractivity contribution >= 4 is 5.91 Å². The molecule has 0 aliphatic heterocycles. The quantitative estimate of drug-likeness (QED) is 0.581. The van der Waals surface area contributed by atoms with E-state index in [0.29, 0.717) is 5.76 Å². The molecule has 4 heteroatoms. The van der Waals surface area contributed by atoms with Crippen molar-refractivity contribution in [3.8, 4) is 0 Å². The van der Waals surface area contributed by atoms with E-state index in [2.05, 4.69) is 67.7 Å². The maximum absolute atomic E-state index is 12.3. The highest BCUT2D eigenvalue weighted by atomic mass is 16.4. The lowest BCUT2D eigenvalue weighted by Crippen LogP contribution is -3.08. The number of quaternary nitrogens is 1. The Balaban J connectivity index is 1.72. The fraction of sp³-hybridized carbons (Fsp3) is 0.320. The summed E-state index contributed by atoms with van der Waals surface area (Å²) in [6.45, 7) is 8.66. The Kier molecular flexibility index (Phi) is 7.25. The molecule has 0 bridgehead atoms. The molecule has 0 fully saturated rings. The smallest absolute Gasteiger partial charge is 0.287 e. The Labute approximate surface area is 173 Å². The van der Waals surface area contributed by atoms with Crippen molar-refractivity contribution in [3.05, 3.63) is 94.9 Å². The number of amides is 1. The summed E-state index contributed by atoms with van der Waals surface area (Å²) in [5.41, 5.74) is 3.85. The number of hydrogen-bond donors (Lipinski definition) is 2. The fourth-order valence-electron chi connectivity index (χ4n) is 3.30. The second-order valence-electron chi connectivity index (χ2n) is 7.80. The number of nitrogens with one attached hydrogen (secondary N) is 2. The van der Waals surface area contributed by atoms with E-state index < -0.39 is 0 Å². The van der Waals surface area contributed by atoms with E-state index >= 15 is 0 Å². The van der Waals surface area contributed by atoms with Crippen LogP contribution in [0, 0.1) is 6.92 Å². The number of furan rings is 1. The first kappa shape index (κ1) is 20.9. The minimum atomic E-state index is -0.145. The third-order valence-electron chi connectivity index (χ3n) is 5.17. The summed E-state index contributed by atoms with van der Waals surface area (Å²) in [4.78, 5) is 13.7. The molecule has 1 heterocycles. The first-order chi connectivity index (χ1) is 14.0. The molecule has 0 aliphatic carbocycles. The van der Waals surface area contributed by atoms with Crippen molar-refractivity contribution in [2.75, 3.05) is 0 Å². The average molecular weight is 392 g/mol. The summed E-state index contributed by atoms with van der Waals surface area (Å²) in [5, 5.41) is 2.96. The SMILES string of the molecule is CC[C@@H](C)NC(=O)c1ccc(C[NH+](Cc2ccccc2)Cc2ccc(C)cc2)o1. The summed E-state index contributed by atoms with van der Waals surface area (Å²) < 4.78 is 5.88. The normalized spacial score (nSPS) is 13.1. The highest BCUT2D eigenvalue weighted by molar-refractivity contribution is 5.91. The predicted molar refractivity (Wildman–Crippen MR) is 116 cm³/mol. The molecule has 3 rings (SSSR count). The summed E-state index contributed by atoms with van der Waals surface area (Å²) in [7, 11) is 0. The number of aryl methyl sites for hydroxylation is 1. The van der Waals surface area contributed by atoms with E-state index in [9.17, 15) is 4.79 Å². The molecule has 2 aromatic carbocycles. The Morgan fingerprint density at radius 2 is 1.59 bits per heavy atom. The number of benzene rings is 2. The standard InChI is InChI=1S/C25H30N2O2/c1-4-20(3)26-25(28)24-15-14-23(29-24)18-27(16-21-8-6-5-7-9-21)17-22-12-10-19(2)11-13-22/h5-15,20H,4,16-18H2,1-3H3,(H,26,28)/p+1/t20-/m1/s1. The van der Waals surface area contributed by atoms with Crippen molar-refractivity contribution in [2.45, 2.75) is 52.9 Å². The van der Waals surface area contributed by atoms with Gasteiger partial charge in [0, 0.05) is 17.2 Å². The molecule has 1 aromatic heterocycles. The summed E-state index contributed by atoms with van der Waals surface area (Å²) >= 11 is 0. The van der Waals surface area contributed by atoms with Crippen LogP contribution >= 0.6 is 0 Å². The van der Waals surface area contributed by atoms with Crippen LogP contribution in [0.5, 0.6) is 0 Å². The molecule has 152 valence electrons. The van der Waals surface area contributed by atoms with Crippen molar-refractivity contribution in [3.63, 3.8) is 0 Å². The molecular weight excluding hydrogens is 360 g/mol. The zero-order valence-electron chi connectivity index (χ0n) is 17.6. The highest BCUT2D eigenvalue weighted by Gasteiger charge is 2.17. The molecule has 2 atom stereocenters. The second-order valence-corrected chi connectivity index (χ2v) is 7.80. The number of carbonyl (C=O) groups excluding carboxylic acids is 1. The van der Waals surface area contributed by atoms with Crippen molar-refractivity contribution in [1.29, 1.82) is 0 Å². The summed E-state index contributed by atoms with van der Waals surface area (Å²) in [6.07, 6.45) is 0.894. The van der Waals surface area contributed by atoms with Crippen LogP contribution in [0.3, 0.4) is 0 Å². The van der Waals surface area contributed by atoms with Crippen LogP contribution in [-0.4, -0.2) is 11.9 Å². The van der Waals surface area contributed by atoms with E-state index in [1.165, 1.54) is 21.6 Å². The molecule has 0 saturated heterocycles. The fourth-order valence-corrected chi connectivity index (χ4v) is 3.30. The predicted octanol–water partition coefficient (Wildman–Crippen LogP) is 3.90. The average Bonchev–Trinajstić information content (AvgIpc) is 3.19. The first-order valence-electron chi connectivity index (χ1n) is 10.4. The van der Waals surface area contributed by atoms with Crippen LogP contribution < -0.4 is 10.2 Å². The lowest BCUT2D eigenvalue weighted by molar-refractivity contribution is -0.942. The monoisotopic (exact) mass is 391 g/mol. The summed E-state index contributed by atoms with van der Waals surface area (Å²) in [6, 6.07) is 23.0. The molecule has 4 nitrogen and oxygen atoms in total. The van der Waals surface area contributed by atoms with E-state index in [4.69, 9.17) is 4.42 Å². The number of carbonyl (C=O) groups is 1. The van der Waals surface area contributed by atoms with E-state index in [1.807, 2.05) is 19.1 Å². The van der Waals surface area contributed by atoms with Crippen molar-refractivity contribution < 1.29 is 14.1 Å². The van der Waals surface area contributed by atoms with Gasteiger partial charge < -0.3 is 14.6 Å². The molecule has 1 unspecified atom stereocenters. The maximum Gasteiger partial charge on any atom is 0.287 e. The van der Waals surface area contributed by atoms with Crippen LogP contribution in [-0.2, 0) is 19.6 Å². The molecule has 29 heavy (non-hydrogen) atoms. The molecule has 3 aromatic rings. The lowest BCUT2D eigenvalue weighted by Gasteiger charge is -2.19. The molecule has 0 radical (unpaired) electrons. The molecule has 0 saturated carbocycles. The third kappa shape index (κ3) is 6.33. The van der Waals surface area contributed by atoms with Gasteiger partial charge in [0.1, 0.15) is 19.6 Å². The topological polar surface area (TPSA) is 46.7 Å². The van der Waals surface area contributed by atoms with Crippen LogP contribution in [0.15, 0.2) is 71.1 Å². The number of hydrogen-bond acceptors (Lipinski definition) is 2. The Bertz CT molecular complexity index is 900. The van der Waals surface area contributed by atoms with Crippen molar-refractivity contribution in [1.82, 2.24) is 5.32 Å². The maximum atomic E-state index is 12.3. The van der Waals surface area contributed by atoms with E-state index in [-0.39, 0.29) is 11.9 Å². The van der Waals surface area contributed by atoms with Gasteiger partial charge in [0.25, 0.3) is 5.91 Å². The molecule has 0 aliphatic rings. The van der Waals surface area contributed by atoms with Crippen LogP contribution in [0.2, 0.25) is 0 Å².